The topological polar surface area (TPSA) is 28.4 Å². The van der Waals surface area contributed by atoms with Gasteiger partial charge in [0.05, 0.1) is 11.7 Å². The second-order valence-electron chi connectivity index (χ2n) is 11.9. The van der Waals surface area contributed by atoms with E-state index in [2.05, 4.69) is 180 Å². The second kappa shape index (κ2) is 10.8. The normalized spacial score (nSPS) is 14.9. The molecule has 0 bridgehead atoms. The lowest BCUT2D eigenvalue weighted by Gasteiger charge is -2.26. The minimum atomic E-state index is 0.162. The molecule has 7 aromatic rings. The Balaban J connectivity index is 1.17. The zero-order valence-corrected chi connectivity index (χ0v) is 25.1. The number of benzene rings is 6. The number of nitrogens with zero attached hydrogens (tertiary/aromatic N) is 1. The molecular weight excluding hydrogens is 560 g/mol. The first-order chi connectivity index (χ1) is 22.8. The Morgan fingerprint density at radius 1 is 0.565 bits per heavy atom. The standard InChI is InChI=1S/C43H30N2O/c1-2-10-29(11-3-1)32-15-8-16-35(26-32)45(34-22-20-31(21-23-34)38-18-9-14-30-12-4-6-17-37(30)38)36-24-25-39-41(28-36)46-42-27-33-13-5-7-19-40(33)44-43(39)42/h1-28,40,44H. The number of allylic oxidation sites excluding steroid dienone is 2. The summed E-state index contributed by atoms with van der Waals surface area (Å²) >= 11 is 0. The van der Waals surface area contributed by atoms with Crippen LogP contribution >= 0.6 is 0 Å². The largest absolute Gasteiger partial charge is 0.454 e. The molecule has 46 heavy (non-hydrogen) atoms. The Labute approximate surface area is 268 Å². The average molecular weight is 591 g/mol. The van der Waals surface area contributed by atoms with Crippen LogP contribution in [-0.2, 0) is 0 Å². The zero-order chi connectivity index (χ0) is 30.5. The molecule has 0 saturated carbocycles. The molecular formula is C43H30N2O. The van der Waals surface area contributed by atoms with Gasteiger partial charge >= 0.3 is 0 Å². The fourth-order valence-corrected chi connectivity index (χ4v) is 6.80. The van der Waals surface area contributed by atoms with E-state index in [4.69, 9.17) is 4.42 Å². The van der Waals surface area contributed by atoms with Crippen molar-refractivity contribution >= 4 is 50.6 Å². The number of anilines is 4. The van der Waals surface area contributed by atoms with Crippen LogP contribution in [0.3, 0.4) is 0 Å². The first kappa shape index (κ1) is 26.4. The van der Waals surface area contributed by atoms with Gasteiger partial charge in [0, 0.05) is 28.5 Å². The summed E-state index contributed by atoms with van der Waals surface area (Å²) in [6.45, 7) is 0. The maximum Gasteiger partial charge on any atom is 0.151 e. The van der Waals surface area contributed by atoms with Crippen LogP contribution in [0.4, 0.5) is 22.7 Å². The van der Waals surface area contributed by atoms with Gasteiger partial charge in [0.25, 0.3) is 0 Å². The van der Waals surface area contributed by atoms with Crippen LogP contribution < -0.4 is 10.2 Å². The Hall–Kier alpha value is -6.06. The van der Waals surface area contributed by atoms with Gasteiger partial charge < -0.3 is 14.6 Å². The lowest BCUT2D eigenvalue weighted by molar-refractivity contribution is 0.602. The van der Waals surface area contributed by atoms with E-state index in [1.807, 2.05) is 0 Å². The van der Waals surface area contributed by atoms with Gasteiger partial charge in [0.1, 0.15) is 5.58 Å². The number of hydrogen-bond acceptors (Lipinski definition) is 3. The van der Waals surface area contributed by atoms with E-state index < -0.39 is 0 Å². The van der Waals surface area contributed by atoms with Crippen LogP contribution in [0.25, 0.3) is 50.1 Å². The number of rotatable bonds is 5. The molecule has 0 spiro atoms. The van der Waals surface area contributed by atoms with Crippen molar-refractivity contribution in [2.24, 2.45) is 0 Å². The number of furan rings is 1. The summed E-state index contributed by atoms with van der Waals surface area (Å²) in [5, 5.41) is 7.27. The third-order valence-corrected chi connectivity index (χ3v) is 9.06. The van der Waals surface area contributed by atoms with E-state index in [1.54, 1.807) is 0 Å². The third-order valence-electron chi connectivity index (χ3n) is 9.06. The van der Waals surface area contributed by atoms with Gasteiger partial charge in [-0.3, -0.25) is 0 Å². The molecule has 1 atom stereocenters. The molecule has 1 aliphatic heterocycles. The Kier molecular flexibility index (Phi) is 6.20. The van der Waals surface area contributed by atoms with Gasteiger partial charge in [-0.1, -0.05) is 121 Å². The maximum atomic E-state index is 6.49. The van der Waals surface area contributed by atoms with Gasteiger partial charge in [0.2, 0.25) is 0 Å². The summed E-state index contributed by atoms with van der Waals surface area (Å²) in [6.07, 6.45) is 10.6. The summed E-state index contributed by atoms with van der Waals surface area (Å²) < 4.78 is 6.49. The molecule has 218 valence electrons. The smallest absolute Gasteiger partial charge is 0.151 e. The van der Waals surface area contributed by atoms with E-state index in [1.165, 1.54) is 38.6 Å². The fourth-order valence-electron chi connectivity index (χ4n) is 6.80. The maximum absolute atomic E-state index is 6.49. The molecule has 1 unspecified atom stereocenters. The first-order valence-electron chi connectivity index (χ1n) is 15.7. The minimum absolute atomic E-state index is 0.162. The fraction of sp³-hybridized carbons (Fsp3) is 0.0233. The van der Waals surface area contributed by atoms with Crippen molar-refractivity contribution in [2.45, 2.75) is 6.04 Å². The molecule has 1 aromatic heterocycles. The molecule has 3 heteroatoms. The van der Waals surface area contributed by atoms with Gasteiger partial charge in [-0.15, -0.1) is 0 Å². The van der Waals surface area contributed by atoms with E-state index in [0.717, 1.165) is 39.5 Å². The van der Waals surface area contributed by atoms with Crippen LogP contribution in [0.5, 0.6) is 0 Å². The lowest BCUT2D eigenvalue weighted by Crippen LogP contribution is -2.22. The van der Waals surface area contributed by atoms with Crippen molar-refractivity contribution in [3.05, 3.63) is 175 Å². The molecule has 6 aromatic carbocycles. The predicted molar refractivity (Wildman–Crippen MR) is 193 cm³/mol. The van der Waals surface area contributed by atoms with Gasteiger partial charge in [-0.2, -0.15) is 0 Å². The van der Waals surface area contributed by atoms with Crippen LogP contribution in [0.2, 0.25) is 0 Å². The van der Waals surface area contributed by atoms with Gasteiger partial charge in [0.15, 0.2) is 5.76 Å². The highest BCUT2D eigenvalue weighted by molar-refractivity contribution is 6.00. The van der Waals surface area contributed by atoms with Crippen molar-refractivity contribution in [3.8, 4) is 22.3 Å². The quantitative estimate of drug-likeness (QED) is 0.216. The molecule has 3 nitrogen and oxygen atoms in total. The Bertz CT molecular complexity index is 2340. The Morgan fingerprint density at radius 3 is 2.24 bits per heavy atom. The van der Waals surface area contributed by atoms with Gasteiger partial charge in [-0.25, -0.2) is 0 Å². The molecule has 1 N–H and O–H groups in total. The third kappa shape index (κ3) is 4.53. The summed E-state index contributed by atoms with van der Waals surface area (Å²) in [5.41, 5.74) is 11.1. The molecule has 2 heterocycles. The van der Waals surface area contributed by atoms with Crippen LogP contribution in [-0.4, -0.2) is 6.04 Å². The van der Waals surface area contributed by atoms with Crippen molar-refractivity contribution in [3.63, 3.8) is 0 Å². The first-order valence-corrected chi connectivity index (χ1v) is 15.7. The minimum Gasteiger partial charge on any atom is -0.454 e. The highest BCUT2D eigenvalue weighted by Crippen LogP contribution is 2.43. The monoisotopic (exact) mass is 590 g/mol. The van der Waals surface area contributed by atoms with Crippen molar-refractivity contribution in [2.75, 3.05) is 10.2 Å². The molecule has 0 radical (unpaired) electrons. The SMILES string of the molecule is C1=CC2=Cc3oc4cc(N(c5ccc(-c6cccc7ccccc67)cc5)c5cccc(-c6ccccc6)c5)ccc4c3NC2C=C1. The molecule has 1 aliphatic carbocycles. The number of hydrogen-bond donors (Lipinski definition) is 1. The highest BCUT2D eigenvalue weighted by atomic mass is 16.3. The zero-order valence-electron chi connectivity index (χ0n) is 25.1. The van der Waals surface area contributed by atoms with Crippen molar-refractivity contribution in [1.29, 1.82) is 0 Å². The van der Waals surface area contributed by atoms with E-state index in [0.29, 0.717) is 0 Å². The second-order valence-corrected chi connectivity index (χ2v) is 11.9. The number of fused-ring (bicyclic) bond motifs is 5. The molecule has 2 aliphatic rings. The lowest BCUT2D eigenvalue weighted by atomic mass is 9.97. The summed E-state index contributed by atoms with van der Waals surface area (Å²) in [4.78, 5) is 2.32. The highest BCUT2D eigenvalue weighted by Gasteiger charge is 2.24. The molecule has 0 fully saturated rings. The number of nitrogens with one attached hydrogen (secondary N) is 1. The van der Waals surface area contributed by atoms with E-state index >= 15 is 0 Å². The average Bonchev–Trinajstić information content (AvgIpc) is 3.48. The van der Waals surface area contributed by atoms with E-state index in [9.17, 15) is 0 Å². The van der Waals surface area contributed by atoms with Crippen molar-refractivity contribution in [1.82, 2.24) is 0 Å². The van der Waals surface area contributed by atoms with Crippen LogP contribution in [0.1, 0.15) is 5.76 Å². The van der Waals surface area contributed by atoms with Crippen LogP contribution in [0.15, 0.2) is 174 Å². The molecule has 9 rings (SSSR count). The Morgan fingerprint density at radius 2 is 1.33 bits per heavy atom. The van der Waals surface area contributed by atoms with Gasteiger partial charge in [-0.05, 0) is 81.1 Å². The molecule has 0 amide bonds. The van der Waals surface area contributed by atoms with E-state index in [-0.39, 0.29) is 6.04 Å². The summed E-state index contributed by atoms with van der Waals surface area (Å²) in [5.74, 6) is 0.871. The summed E-state index contributed by atoms with van der Waals surface area (Å²) in [6, 6.07) is 50.0. The molecule has 0 saturated heterocycles. The predicted octanol–water partition coefficient (Wildman–Crippen LogP) is 11.7. The summed E-state index contributed by atoms with van der Waals surface area (Å²) in [7, 11) is 0. The van der Waals surface area contributed by atoms with Crippen LogP contribution in [0, 0.1) is 0 Å². The van der Waals surface area contributed by atoms with Crippen molar-refractivity contribution < 1.29 is 4.42 Å².